The number of nitriles is 1. The molecule has 1 aromatic heterocycles. The van der Waals surface area contributed by atoms with Gasteiger partial charge in [0.05, 0.1) is 11.6 Å². The van der Waals surface area contributed by atoms with E-state index in [1.54, 1.807) is 0 Å². The van der Waals surface area contributed by atoms with Gasteiger partial charge in [0.25, 0.3) is 0 Å². The Hall–Kier alpha value is -1.79. The zero-order valence-electron chi connectivity index (χ0n) is 9.22. The standard InChI is InChI=1S/C13H14N2O/c1-10(9-16)8-15-6-5-12-11(7-14)3-2-4-13(12)15/h2-6,10,16H,8-9H2,1H3. The van der Waals surface area contributed by atoms with Crippen LogP contribution in [0.4, 0.5) is 0 Å². The largest absolute Gasteiger partial charge is 0.396 e. The molecule has 0 radical (unpaired) electrons. The summed E-state index contributed by atoms with van der Waals surface area (Å²) in [4.78, 5) is 0. The summed E-state index contributed by atoms with van der Waals surface area (Å²) in [6.45, 7) is 2.95. The van der Waals surface area contributed by atoms with Crippen LogP contribution < -0.4 is 0 Å². The number of aromatic nitrogens is 1. The van der Waals surface area contributed by atoms with E-state index in [2.05, 4.69) is 10.6 Å². The predicted molar refractivity (Wildman–Crippen MR) is 62.9 cm³/mol. The normalized spacial score (nSPS) is 12.6. The van der Waals surface area contributed by atoms with Crippen LogP contribution in [0.15, 0.2) is 30.5 Å². The van der Waals surface area contributed by atoms with E-state index in [9.17, 15) is 0 Å². The third-order valence-electron chi connectivity index (χ3n) is 2.75. The molecule has 82 valence electrons. The molecule has 0 saturated carbocycles. The Bertz CT molecular complexity index is 536. The summed E-state index contributed by atoms with van der Waals surface area (Å²) in [7, 11) is 0. The smallest absolute Gasteiger partial charge is 0.0998 e. The van der Waals surface area contributed by atoms with Gasteiger partial charge < -0.3 is 9.67 Å². The number of benzene rings is 1. The number of aliphatic hydroxyl groups is 1. The second-order valence-electron chi connectivity index (χ2n) is 4.11. The van der Waals surface area contributed by atoms with E-state index in [1.807, 2.05) is 37.4 Å². The van der Waals surface area contributed by atoms with Crippen LogP contribution in [-0.2, 0) is 6.54 Å². The average molecular weight is 214 g/mol. The van der Waals surface area contributed by atoms with Crippen LogP contribution in [-0.4, -0.2) is 16.3 Å². The number of aliphatic hydroxyl groups excluding tert-OH is 1. The molecule has 0 spiro atoms. The molecule has 1 aromatic carbocycles. The van der Waals surface area contributed by atoms with Crippen LogP contribution in [0.5, 0.6) is 0 Å². The molecule has 2 aromatic rings. The molecule has 3 nitrogen and oxygen atoms in total. The topological polar surface area (TPSA) is 49.0 Å². The third kappa shape index (κ3) is 1.80. The van der Waals surface area contributed by atoms with Crippen LogP contribution in [0.2, 0.25) is 0 Å². The molecule has 0 aliphatic heterocycles. The van der Waals surface area contributed by atoms with Gasteiger partial charge in [0.2, 0.25) is 0 Å². The van der Waals surface area contributed by atoms with Gasteiger partial charge in [0.1, 0.15) is 0 Å². The van der Waals surface area contributed by atoms with E-state index in [-0.39, 0.29) is 12.5 Å². The van der Waals surface area contributed by atoms with E-state index >= 15 is 0 Å². The minimum absolute atomic E-state index is 0.178. The lowest BCUT2D eigenvalue weighted by molar-refractivity contribution is 0.224. The van der Waals surface area contributed by atoms with Gasteiger partial charge >= 0.3 is 0 Å². The van der Waals surface area contributed by atoms with Crippen molar-refractivity contribution in [3.05, 3.63) is 36.0 Å². The fourth-order valence-corrected chi connectivity index (χ4v) is 1.87. The Kier molecular flexibility index (Phi) is 2.93. The molecule has 0 amide bonds. The Labute approximate surface area is 94.5 Å². The molecule has 0 aliphatic rings. The monoisotopic (exact) mass is 214 g/mol. The molecular weight excluding hydrogens is 200 g/mol. The van der Waals surface area contributed by atoms with Crippen LogP contribution in [0, 0.1) is 17.2 Å². The van der Waals surface area contributed by atoms with Crippen molar-refractivity contribution in [3.8, 4) is 6.07 Å². The van der Waals surface area contributed by atoms with Crippen molar-refractivity contribution in [2.24, 2.45) is 5.92 Å². The van der Waals surface area contributed by atoms with Gasteiger partial charge in [-0.15, -0.1) is 0 Å². The van der Waals surface area contributed by atoms with E-state index in [4.69, 9.17) is 10.4 Å². The summed E-state index contributed by atoms with van der Waals surface area (Å²) in [6.07, 6.45) is 1.97. The van der Waals surface area contributed by atoms with E-state index < -0.39 is 0 Å². The van der Waals surface area contributed by atoms with Gasteiger partial charge in [0, 0.05) is 30.3 Å². The molecular formula is C13H14N2O. The Morgan fingerprint density at radius 2 is 2.25 bits per heavy atom. The molecule has 0 bridgehead atoms. The summed E-state index contributed by atoms with van der Waals surface area (Å²) in [5.41, 5.74) is 1.76. The molecule has 1 unspecified atom stereocenters. The van der Waals surface area contributed by atoms with Crippen molar-refractivity contribution in [1.29, 1.82) is 5.26 Å². The maximum atomic E-state index is 9.04. The molecule has 1 atom stereocenters. The van der Waals surface area contributed by atoms with Crippen molar-refractivity contribution in [3.63, 3.8) is 0 Å². The van der Waals surface area contributed by atoms with Gasteiger partial charge in [-0.1, -0.05) is 13.0 Å². The molecule has 2 rings (SSSR count). The fourth-order valence-electron chi connectivity index (χ4n) is 1.87. The van der Waals surface area contributed by atoms with Crippen LogP contribution >= 0.6 is 0 Å². The fraction of sp³-hybridized carbons (Fsp3) is 0.308. The van der Waals surface area contributed by atoms with Gasteiger partial charge in [-0.05, 0) is 24.1 Å². The number of nitrogens with zero attached hydrogens (tertiary/aromatic N) is 2. The third-order valence-corrected chi connectivity index (χ3v) is 2.75. The molecule has 0 fully saturated rings. The van der Waals surface area contributed by atoms with Crippen LogP contribution in [0.1, 0.15) is 12.5 Å². The summed E-state index contributed by atoms with van der Waals surface area (Å²) in [5.74, 6) is 0.223. The molecule has 0 saturated heterocycles. The molecule has 1 N–H and O–H groups in total. The van der Waals surface area contributed by atoms with Gasteiger partial charge in [-0.2, -0.15) is 5.26 Å². The predicted octanol–water partition coefficient (Wildman–Crippen LogP) is 2.14. The Morgan fingerprint density at radius 1 is 1.44 bits per heavy atom. The number of fused-ring (bicyclic) bond motifs is 1. The van der Waals surface area contributed by atoms with Gasteiger partial charge in [-0.3, -0.25) is 0 Å². The highest BCUT2D eigenvalue weighted by Crippen LogP contribution is 2.20. The quantitative estimate of drug-likeness (QED) is 0.851. The highest BCUT2D eigenvalue weighted by atomic mass is 16.3. The van der Waals surface area contributed by atoms with Gasteiger partial charge in [0.15, 0.2) is 0 Å². The van der Waals surface area contributed by atoms with Crippen molar-refractivity contribution in [2.45, 2.75) is 13.5 Å². The lowest BCUT2D eigenvalue weighted by atomic mass is 10.1. The summed E-state index contributed by atoms with van der Waals surface area (Å²) in [5, 5.41) is 19.0. The van der Waals surface area contributed by atoms with Crippen molar-refractivity contribution < 1.29 is 5.11 Å². The highest BCUT2D eigenvalue weighted by molar-refractivity contribution is 5.85. The average Bonchev–Trinajstić information content (AvgIpc) is 2.72. The molecule has 1 heterocycles. The second kappa shape index (κ2) is 4.38. The first-order chi connectivity index (χ1) is 7.76. The second-order valence-corrected chi connectivity index (χ2v) is 4.11. The SMILES string of the molecule is CC(CO)Cn1ccc2c(C#N)cccc21. The first kappa shape index (κ1) is 10.7. The Morgan fingerprint density at radius 3 is 2.94 bits per heavy atom. The number of rotatable bonds is 3. The first-order valence-corrected chi connectivity index (χ1v) is 5.35. The van der Waals surface area contributed by atoms with Crippen LogP contribution in [0.25, 0.3) is 10.9 Å². The molecule has 3 heteroatoms. The number of hydrogen-bond donors (Lipinski definition) is 1. The lowest BCUT2D eigenvalue weighted by Crippen LogP contribution is -2.10. The maximum Gasteiger partial charge on any atom is 0.0998 e. The molecule has 16 heavy (non-hydrogen) atoms. The number of hydrogen-bond acceptors (Lipinski definition) is 2. The van der Waals surface area contributed by atoms with Crippen LogP contribution in [0.3, 0.4) is 0 Å². The molecule has 0 aliphatic carbocycles. The van der Waals surface area contributed by atoms with E-state index in [0.29, 0.717) is 5.56 Å². The maximum absolute atomic E-state index is 9.04. The summed E-state index contributed by atoms with van der Waals surface area (Å²) < 4.78 is 2.08. The Balaban J connectivity index is 2.46. The van der Waals surface area contributed by atoms with Crippen molar-refractivity contribution in [1.82, 2.24) is 4.57 Å². The van der Waals surface area contributed by atoms with Gasteiger partial charge in [-0.25, -0.2) is 0 Å². The van der Waals surface area contributed by atoms with Crippen molar-refractivity contribution in [2.75, 3.05) is 6.61 Å². The summed E-state index contributed by atoms with van der Waals surface area (Å²) >= 11 is 0. The zero-order valence-corrected chi connectivity index (χ0v) is 9.22. The van der Waals surface area contributed by atoms with Crippen molar-refractivity contribution >= 4 is 10.9 Å². The first-order valence-electron chi connectivity index (χ1n) is 5.35. The van der Waals surface area contributed by atoms with E-state index in [1.165, 1.54) is 0 Å². The minimum Gasteiger partial charge on any atom is -0.396 e. The minimum atomic E-state index is 0.178. The highest BCUT2D eigenvalue weighted by Gasteiger charge is 2.07. The van der Waals surface area contributed by atoms with E-state index in [0.717, 1.165) is 17.4 Å². The zero-order chi connectivity index (χ0) is 11.5. The summed E-state index contributed by atoms with van der Waals surface area (Å²) in [6, 6.07) is 9.86. The lowest BCUT2D eigenvalue weighted by Gasteiger charge is -2.10.